The Labute approximate surface area is 179 Å². The highest BCUT2D eigenvalue weighted by atomic mass is 35.5. The zero-order chi connectivity index (χ0) is 25.6. The van der Waals surface area contributed by atoms with E-state index in [1.165, 1.54) is 0 Å². The molecule has 15 heteroatoms. The predicted octanol–water partition coefficient (Wildman–Crippen LogP) is 8.39. The maximum atomic E-state index is 13.6. The van der Waals surface area contributed by atoms with Gasteiger partial charge in [0.25, 0.3) is 0 Å². The minimum atomic E-state index is -7.85. The van der Waals surface area contributed by atoms with Crippen LogP contribution in [0.15, 0.2) is 0 Å². The number of rotatable bonds is 15. The van der Waals surface area contributed by atoms with Crippen LogP contribution in [0.1, 0.15) is 64.2 Å². The highest BCUT2D eigenvalue weighted by Crippen LogP contribution is 2.60. The second-order valence-electron chi connectivity index (χ2n) is 7.18. The quantitative estimate of drug-likeness (QED) is 0.120. The molecule has 0 amide bonds. The van der Waals surface area contributed by atoms with Crippen LogP contribution < -0.4 is 0 Å². The number of carbonyl (C=O) groups excluding carboxylic acids is 1. The summed E-state index contributed by atoms with van der Waals surface area (Å²) in [7, 11) is 0. The first-order valence-corrected chi connectivity index (χ1v) is 9.68. The van der Waals surface area contributed by atoms with Crippen molar-refractivity contribution < 1.29 is 61.9 Å². The van der Waals surface area contributed by atoms with Gasteiger partial charge in [-0.05, 0) is 24.4 Å². The van der Waals surface area contributed by atoms with Crippen molar-refractivity contribution in [2.24, 2.45) is 0 Å². The lowest BCUT2D eigenvalue weighted by Gasteiger charge is -2.39. The van der Waals surface area contributed by atoms with Crippen LogP contribution in [0.5, 0.6) is 0 Å². The van der Waals surface area contributed by atoms with Crippen molar-refractivity contribution in [3.63, 3.8) is 0 Å². The highest BCUT2D eigenvalue weighted by molar-refractivity contribution is 6.63. The second kappa shape index (κ2) is 11.0. The minimum absolute atomic E-state index is 0.148. The molecule has 0 radical (unpaired) electrons. The lowest BCUT2D eigenvalue weighted by molar-refractivity contribution is -0.440. The van der Waals surface area contributed by atoms with Crippen molar-refractivity contribution in [1.82, 2.24) is 0 Å². The molecule has 0 bridgehead atoms. The lowest BCUT2D eigenvalue weighted by atomic mass is 9.91. The fraction of sp³-hybridized carbons (Fsp3) is 0.941. The summed E-state index contributed by atoms with van der Waals surface area (Å²) in [6.07, 6.45) is -7.70. The Hall–Kier alpha value is -0.950. The molecule has 0 aromatic heterocycles. The first-order valence-electron chi connectivity index (χ1n) is 9.31. The molecular formula is C17H20ClF13O. The van der Waals surface area contributed by atoms with Gasteiger partial charge in [0.2, 0.25) is 5.24 Å². The van der Waals surface area contributed by atoms with Gasteiger partial charge in [-0.1, -0.05) is 38.5 Å². The summed E-state index contributed by atoms with van der Waals surface area (Å²) in [5.74, 6) is -36.4. The van der Waals surface area contributed by atoms with Crippen molar-refractivity contribution in [3.05, 3.63) is 0 Å². The maximum Gasteiger partial charge on any atom is 0.460 e. The third kappa shape index (κ3) is 6.78. The number of carbonyl (C=O) groups is 1. The van der Waals surface area contributed by atoms with E-state index in [1.54, 1.807) is 0 Å². The van der Waals surface area contributed by atoms with Gasteiger partial charge in [-0.3, -0.25) is 4.79 Å². The molecular weight excluding hydrogens is 503 g/mol. The van der Waals surface area contributed by atoms with Crippen LogP contribution in [0.2, 0.25) is 0 Å². The predicted molar refractivity (Wildman–Crippen MR) is 87.8 cm³/mol. The van der Waals surface area contributed by atoms with Gasteiger partial charge in [-0.15, -0.1) is 0 Å². The van der Waals surface area contributed by atoms with Crippen LogP contribution in [0, 0.1) is 0 Å². The molecule has 0 rings (SSSR count). The van der Waals surface area contributed by atoms with Crippen LogP contribution in [-0.4, -0.2) is 41.0 Å². The molecule has 0 aromatic rings. The average Bonchev–Trinajstić information content (AvgIpc) is 2.61. The topological polar surface area (TPSA) is 17.1 Å². The maximum absolute atomic E-state index is 13.6. The van der Waals surface area contributed by atoms with Crippen LogP contribution in [0.3, 0.4) is 0 Å². The molecule has 0 aliphatic rings. The second-order valence-corrected chi connectivity index (χ2v) is 7.60. The summed E-state index contributed by atoms with van der Waals surface area (Å²) in [5, 5.41) is -0.520. The third-order valence-corrected chi connectivity index (χ3v) is 4.80. The van der Waals surface area contributed by atoms with E-state index in [9.17, 15) is 61.9 Å². The van der Waals surface area contributed by atoms with Crippen LogP contribution in [0.25, 0.3) is 0 Å². The van der Waals surface area contributed by atoms with E-state index in [-0.39, 0.29) is 19.3 Å². The van der Waals surface area contributed by atoms with Crippen LogP contribution in [0.4, 0.5) is 57.1 Å². The Bertz CT molecular complexity index is 602. The summed E-state index contributed by atoms with van der Waals surface area (Å²) in [4.78, 5) is 10.5. The molecule has 32 heavy (non-hydrogen) atoms. The third-order valence-electron chi connectivity index (χ3n) is 4.61. The van der Waals surface area contributed by atoms with E-state index in [0.29, 0.717) is 32.1 Å². The summed E-state index contributed by atoms with van der Waals surface area (Å²) in [6.45, 7) is 0. The molecule has 0 heterocycles. The Morgan fingerprint density at radius 3 is 1.22 bits per heavy atom. The Morgan fingerprint density at radius 1 is 0.500 bits per heavy atom. The molecule has 0 aromatic carbocycles. The van der Waals surface area contributed by atoms with E-state index in [2.05, 4.69) is 0 Å². The molecule has 0 N–H and O–H groups in total. The molecule has 0 spiro atoms. The molecule has 0 aliphatic carbocycles. The highest BCUT2D eigenvalue weighted by Gasteiger charge is 2.90. The summed E-state index contributed by atoms with van der Waals surface area (Å²) < 4.78 is 168. The van der Waals surface area contributed by atoms with E-state index in [1.807, 2.05) is 0 Å². The smallest absolute Gasteiger partial charge is 0.281 e. The van der Waals surface area contributed by atoms with Gasteiger partial charge >= 0.3 is 35.8 Å². The van der Waals surface area contributed by atoms with Crippen molar-refractivity contribution in [1.29, 1.82) is 0 Å². The Kier molecular flexibility index (Phi) is 10.7. The first-order chi connectivity index (χ1) is 14.2. The number of hydrogen-bond donors (Lipinski definition) is 0. The van der Waals surface area contributed by atoms with Crippen molar-refractivity contribution >= 4 is 16.8 Å². The fourth-order valence-electron chi connectivity index (χ4n) is 2.63. The first kappa shape index (κ1) is 31.0. The van der Waals surface area contributed by atoms with Gasteiger partial charge in [0.05, 0.1) is 0 Å². The van der Waals surface area contributed by atoms with Gasteiger partial charge in [0, 0.05) is 12.8 Å². The zero-order valence-electron chi connectivity index (χ0n) is 16.3. The SMILES string of the molecule is O=C(Cl)CCCCCCCCCCC(F)(F)C(F)(F)C(F)(F)C(F)(F)C(F)(F)C(F)(F)F. The van der Waals surface area contributed by atoms with Gasteiger partial charge in [0.1, 0.15) is 0 Å². The number of hydrogen-bond acceptors (Lipinski definition) is 1. The Morgan fingerprint density at radius 2 is 0.844 bits per heavy atom. The monoisotopic (exact) mass is 522 g/mol. The largest absolute Gasteiger partial charge is 0.460 e. The zero-order valence-corrected chi connectivity index (χ0v) is 17.0. The van der Waals surface area contributed by atoms with E-state index in [0.717, 1.165) is 0 Å². The number of alkyl halides is 13. The van der Waals surface area contributed by atoms with Crippen molar-refractivity contribution in [2.45, 2.75) is 100.0 Å². The lowest BCUT2D eigenvalue weighted by Crippen LogP contribution is -2.70. The van der Waals surface area contributed by atoms with Crippen LogP contribution >= 0.6 is 11.6 Å². The van der Waals surface area contributed by atoms with E-state index < -0.39 is 53.9 Å². The number of unbranched alkanes of at least 4 members (excludes halogenated alkanes) is 7. The molecule has 0 atom stereocenters. The molecule has 1 nitrogen and oxygen atoms in total. The average molecular weight is 523 g/mol. The molecule has 0 saturated carbocycles. The van der Waals surface area contributed by atoms with Crippen LogP contribution in [-0.2, 0) is 4.79 Å². The van der Waals surface area contributed by atoms with Crippen molar-refractivity contribution in [3.8, 4) is 0 Å². The molecule has 0 fully saturated rings. The Balaban J connectivity index is 4.88. The minimum Gasteiger partial charge on any atom is -0.281 e. The van der Waals surface area contributed by atoms with Gasteiger partial charge in [0.15, 0.2) is 0 Å². The summed E-state index contributed by atoms with van der Waals surface area (Å²) >= 11 is 5.11. The normalized spacial score (nSPS) is 14.7. The molecule has 0 aliphatic heterocycles. The van der Waals surface area contributed by atoms with Crippen molar-refractivity contribution in [2.75, 3.05) is 0 Å². The summed E-state index contributed by atoms with van der Waals surface area (Å²) in [6, 6.07) is 0. The van der Waals surface area contributed by atoms with E-state index >= 15 is 0 Å². The molecule has 0 unspecified atom stereocenters. The standard InChI is InChI=1S/C17H20ClF13O/c18-11(32)9-7-5-3-1-2-4-6-8-10-12(19,20)13(21,22)14(23,24)15(25,26)16(27,28)17(29,30)31/h1-10H2. The molecule has 192 valence electrons. The molecule has 0 saturated heterocycles. The van der Waals surface area contributed by atoms with Gasteiger partial charge < -0.3 is 0 Å². The summed E-state index contributed by atoms with van der Waals surface area (Å²) in [5.41, 5.74) is 0. The fourth-order valence-corrected chi connectivity index (χ4v) is 2.76. The number of halogens is 14. The van der Waals surface area contributed by atoms with Gasteiger partial charge in [-0.2, -0.15) is 57.1 Å². The van der Waals surface area contributed by atoms with E-state index in [4.69, 9.17) is 11.6 Å². The van der Waals surface area contributed by atoms with Gasteiger partial charge in [-0.25, -0.2) is 0 Å².